The van der Waals surface area contributed by atoms with Gasteiger partial charge in [-0.1, -0.05) is 100 Å². The second kappa shape index (κ2) is 26.4. The van der Waals surface area contributed by atoms with Gasteiger partial charge >= 0.3 is 19.8 Å². The molecule has 6 atom stereocenters. The molecule has 49 heavy (non-hydrogen) atoms. The van der Waals surface area contributed by atoms with E-state index in [1.807, 2.05) is 12.2 Å². The van der Waals surface area contributed by atoms with Crippen molar-refractivity contribution in [2.75, 3.05) is 13.2 Å². The lowest BCUT2D eigenvalue weighted by atomic mass is 9.85. The average molecular weight is 717 g/mol. The predicted molar refractivity (Wildman–Crippen MR) is 184 cm³/mol. The van der Waals surface area contributed by atoms with Crippen LogP contribution >= 0.6 is 7.82 Å². The quantitative estimate of drug-likeness (QED) is 0.0338. The highest BCUT2D eigenvalue weighted by Gasteiger charge is 2.51. The van der Waals surface area contributed by atoms with E-state index in [4.69, 9.17) is 18.5 Å². The van der Waals surface area contributed by atoms with Crippen LogP contribution < -0.4 is 0 Å². The summed E-state index contributed by atoms with van der Waals surface area (Å²) in [5.74, 6) is -1.27. The predicted octanol–water partition coefficient (Wildman–Crippen LogP) is 4.26. The molecule has 14 heteroatoms. The third kappa shape index (κ3) is 20.1. The van der Waals surface area contributed by atoms with Gasteiger partial charge in [-0.2, -0.15) is 0 Å². The van der Waals surface area contributed by atoms with Gasteiger partial charge in [-0.3, -0.25) is 18.6 Å². The number of carbonyl (C=O) groups is 2. The van der Waals surface area contributed by atoms with Crippen molar-refractivity contribution in [2.24, 2.45) is 0 Å². The van der Waals surface area contributed by atoms with Gasteiger partial charge in [-0.05, 0) is 38.5 Å². The lowest BCUT2D eigenvalue weighted by Crippen LogP contribution is -2.64. The van der Waals surface area contributed by atoms with E-state index >= 15 is 0 Å². The van der Waals surface area contributed by atoms with E-state index in [9.17, 15) is 44.6 Å². The van der Waals surface area contributed by atoms with Crippen LogP contribution in [0, 0.1) is 0 Å². The number of allylic oxidation sites excluding steroid dienone is 9. The van der Waals surface area contributed by atoms with Gasteiger partial charge in [0.2, 0.25) is 0 Å². The minimum atomic E-state index is -5.12. The number of hydrogen-bond donors (Lipinski definition) is 6. The molecule has 13 nitrogen and oxygen atoms in total. The van der Waals surface area contributed by atoms with E-state index in [1.165, 1.54) is 0 Å². The first kappa shape index (κ1) is 44.6. The number of phosphoric ester groups is 1. The Morgan fingerprint density at radius 2 is 1.14 bits per heavy atom. The molecule has 0 aromatic carbocycles. The summed E-state index contributed by atoms with van der Waals surface area (Å²) in [6, 6.07) is 0. The Balaban J connectivity index is 2.64. The van der Waals surface area contributed by atoms with Gasteiger partial charge in [-0.25, -0.2) is 4.57 Å². The average Bonchev–Trinajstić information content (AvgIpc) is 3.07. The molecule has 0 amide bonds. The van der Waals surface area contributed by atoms with Crippen LogP contribution in [0.5, 0.6) is 0 Å². The summed E-state index contributed by atoms with van der Waals surface area (Å²) >= 11 is 0. The van der Waals surface area contributed by atoms with Crippen LogP contribution in [0.25, 0.3) is 0 Å². The van der Waals surface area contributed by atoms with Crippen molar-refractivity contribution in [3.05, 3.63) is 60.8 Å². The number of carbonyl (C=O) groups excluding carboxylic acids is 2. The Hall–Kier alpha value is -2.45. The highest BCUT2D eigenvalue weighted by atomic mass is 31.2. The molecule has 280 valence electrons. The van der Waals surface area contributed by atoms with Gasteiger partial charge < -0.3 is 39.9 Å². The zero-order chi connectivity index (χ0) is 36.5. The molecule has 0 aliphatic heterocycles. The molecule has 0 heterocycles. The van der Waals surface area contributed by atoms with Gasteiger partial charge in [-0.15, -0.1) is 0 Å². The van der Waals surface area contributed by atoms with Crippen molar-refractivity contribution < 1.29 is 63.1 Å². The molecule has 1 rings (SSSR count). The summed E-state index contributed by atoms with van der Waals surface area (Å²) in [5.41, 5.74) is 0. The van der Waals surface area contributed by atoms with Crippen LogP contribution in [0.4, 0.5) is 0 Å². The number of aliphatic hydroxyl groups excluding tert-OH is 5. The Kier molecular flexibility index (Phi) is 24.0. The normalized spacial score (nSPS) is 25.1. The topological polar surface area (TPSA) is 210 Å². The summed E-state index contributed by atoms with van der Waals surface area (Å²) in [7, 11) is -5.12. The molecule has 6 N–H and O–H groups in total. The molecule has 1 saturated carbocycles. The zero-order valence-corrected chi connectivity index (χ0v) is 29.6. The largest absolute Gasteiger partial charge is 0.472 e. The monoisotopic (exact) mass is 716 g/mol. The summed E-state index contributed by atoms with van der Waals surface area (Å²) in [6.45, 7) is 2.92. The molecular weight excluding hydrogens is 659 g/mol. The fourth-order valence-corrected chi connectivity index (χ4v) is 5.57. The molecule has 0 spiro atoms. The summed E-state index contributed by atoms with van der Waals surface area (Å²) in [4.78, 5) is 35.0. The molecule has 1 aliphatic carbocycles. The van der Waals surface area contributed by atoms with Crippen molar-refractivity contribution in [1.82, 2.24) is 0 Å². The van der Waals surface area contributed by atoms with E-state index in [0.717, 1.165) is 51.4 Å². The van der Waals surface area contributed by atoms with Crippen LogP contribution in [0.2, 0.25) is 0 Å². The van der Waals surface area contributed by atoms with Gasteiger partial charge in [0.1, 0.15) is 43.2 Å². The Morgan fingerprint density at radius 3 is 1.67 bits per heavy atom. The Morgan fingerprint density at radius 1 is 0.653 bits per heavy atom. The van der Waals surface area contributed by atoms with Crippen LogP contribution in [-0.4, -0.2) is 98.3 Å². The Bertz CT molecular complexity index is 1100. The van der Waals surface area contributed by atoms with Crippen LogP contribution in [0.15, 0.2) is 60.8 Å². The summed E-state index contributed by atoms with van der Waals surface area (Å²) in [5, 5.41) is 49.7. The van der Waals surface area contributed by atoms with Crippen molar-refractivity contribution in [2.45, 2.75) is 134 Å². The van der Waals surface area contributed by atoms with Crippen molar-refractivity contribution in [3.63, 3.8) is 0 Å². The second-order valence-corrected chi connectivity index (χ2v) is 13.1. The van der Waals surface area contributed by atoms with Gasteiger partial charge in [0.05, 0.1) is 13.0 Å². The molecule has 0 aromatic heterocycles. The smallest absolute Gasteiger partial charge is 0.462 e. The lowest BCUT2D eigenvalue weighted by Gasteiger charge is -2.41. The Labute approximate surface area is 290 Å². The molecule has 0 bridgehead atoms. The number of esters is 2. The number of hydrogen-bond acceptors (Lipinski definition) is 12. The number of ether oxygens (including phenoxy) is 2. The van der Waals surface area contributed by atoms with Gasteiger partial charge in [0.15, 0.2) is 6.10 Å². The fraction of sp³-hybridized carbons (Fsp3) is 0.657. The maximum absolute atomic E-state index is 12.6. The highest BCUT2D eigenvalue weighted by molar-refractivity contribution is 7.47. The van der Waals surface area contributed by atoms with E-state index in [0.29, 0.717) is 12.8 Å². The SMILES string of the molecule is CC/C=C\C/C=C\C/C=C\C/C=C\C/C=C\CC(=O)OC(COC(=O)CCCCCCC)COP(=O)(O)OC1C(O)C(O)C(O)C(O)C1O. The maximum atomic E-state index is 12.6. The zero-order valence-electron chi connectivity index (χ0n) is 28.7. The molecule has 0 aromatic rings. The van der Waals surface area contributed by atoms with E-state index < -0.39 is 75.7 Å². The molecular formula is C35H57O13P. The third-order valence-electron chi connectivity index (χ3n) is 7.41. The molecule has 6 unspecified atom stereocenters. The van der Waals surface area contributed by atoms with E-state index in [1.54, 1.807) is 12.2 Å². The van der Waals surface area contributed by atoms with Gasteiger partial charge in [0.25, 0.3) is 0 Å². The van der Waals surface area contributed by atoms with Crippen LogP contribution in [0.3, 0.4) is 0 Å². The minimum Gasteiger partial charge on any atom is -0.462 e. The second-order valence-electron chi connectivity index (χ2n) is 11.7. The number of phosphoric acid groups is 1. The highest BCUT2D eigenvalue weighted by Crippen LogP contribution is 2.47. The number of rotatable bonds is 25. The fourth-order valence-electron chi connectivity index (χ4n) is 4.59. The van der Waals surface area contributed by atoms with Gasteiger partial charge in [0, 0.05) is 6.42 Å². The summed E-state index contributed by atoms with van der Waals surface area (Å²) in [6.07, 6.45) is 15.4. The number of aliphatic hydroxyl groups is 5. The first-order valence-corrected chi connectivity index (χ1v) is 18.6. The third-order valence-corrected chi connectivity index (χ3v) is 8.39. The lowest BCUT2D eigenvalue weighted by molar-refractivity contribution is -0.220. The van der Waals surface area contributed by atoms with E-state index in [-0.39, 0.29) is 12.8 Å². The van der Waals surface area contributed by atoms with Crippen molar-refractivity contribution in [3.8, 4) is 0 Å². The molecule has 0 saturated heterocycles. The molecule has 1 aliphatic rings. The number of unbranched alkanes of at least 4 members (excludes halogenated alkanes) is 4. The standard InChI is InChI=1S/C35H57O13P/c1-3-5-7-9-10-11-12-13-14-15-16-17-18-20-22-24-29(37)47-27(25-45-28(36)23-21-19-8-6-4-2)26-46-49(43,44)48-35-33(41)31(39)30(38)32(40)34(35)42/h5,7,10-11,13-14,16-17,20,22,27,30-35,38-42H,3-4,6,8-9,12,15,18-19,21,23-26H2,1-2H3,(H,43,44)/b7-5-,11-10-,14-13-,17-16-,22-20-. The first-order valence-electron chi connectivity index (χ1n) is 17.1. The molecule has 1 fully saturated rings. The maximum Gasteiger partial charge on any atom is 0.472 e. The minimum absolute atomic E-state index is 0.138. The van der Waals surface area contributed by atoms with Crippen LogP contribution in [0.1, 0.15) is 90.9 Å². The van der Waals surface area contributed by atoms with Crippen molar-refractivity contribution >= 4 is 19.8 Å². The van der Waals surface area contributed by atoms with E-state index in [2.05, 4.69) is 50.3 Å². The van der Waals surface area contributed by atoms with Crippen LogP contribution in [-0.2, 0) is 32.7 Å². The molecule has 0 radical (unpaired) electrons. The summed E-state index contributed by atoms with van der Waals surface area (Å²) < 4.78 is 32.9. The van der Waals surface area contributed by atoms with Crippen molar-refractivity contribution in [1.29, 1.82) is 0 Å². The first-order chi connectivity index (χ1) is 23.4.